The van der Waals surface area contributed by atoms with Crippen molar-refractivity contribution in [2.75, 3.05) is 18.2 Å². The Morgan fingerprint density at radius 1 is 1.37 bits per heavy atom. The van der Waals surface area contributed by atoms with Gasteiger partial charge in [0.25, 0.3) is 0 Å². The first-order valence-electron chi connectivity index (χ1n) is 5.87. The molecule has 2 aromatic rings. The van der Waals surface area contributed by atoms with Crippen LogP contribution in [0.2, 0.25) is 0 Å². The van der Waals surface area contributed by atoms with Crippen LogP contribution in [0.5, 0.6) is 0 Å². The van der Waals surface area contributed by atoms with Crippen molar-refractivity contribution in [3.8, 4) is 0 Å². The minimum atomic E-state index is -0.382. The van der Waals surface area contributed by atoms with Crippen LogP contribution in [0.3, 0.4) is 0 Å². The van der Waals surface area contributed by atoms with E-state index in [-0.39, 0.29) is 5.97 Å². The van der Waals surface area contributed by atoms with E-state index in [9.17, 15) is 4.79 Å². The van der Waals surface area contributed by atoms with Gasteiger partial charge in [0.2, 0.25) is 0 Å². The first kappa shape index (κ1) is 13.4. The first-order chi connectivity index (χ1) is 9.10. The Balaban J connectivity index is 2.07. The van der Waals surface area contributed by atoms with Gasteiger partial charge >= 0.3 is 5.97 Å². The maximum atomic E-state index is 11.4. The Kier molecular flexibility index (Phi) is 4.06. The van der Waals surface area contributed by atoms with Crippen molar-refractivity contribution in [1.82, 2.24) is 0 Å². The van der Waals surface area contributed by atoms with E-state index in [1.165, 1.54) is 16.9 Å². The molecule has 1 aromatic carbocycles. The topological polar surface area (TPSA) is 64.3 Å². The van der Waals surface area contributed by atoms with Crippen LogP contribution < -0.4 is 11.1 Å². The van der Waals surface area contributed by atoms with E-state index in [4.69, 9.17) is 5.73 Å². The molecule has 3 N–H and O–H groups in total. The van der Waals surface area contributed by atoms with E-state index in [0.717, 1.165) is 12.2 Å². The van der Waals surface area contributed by atoms with Crippen molar-refractivity contribution in [2.45, 2.75) is 13.5 Å². The van der Waals surface area contributed by atoms with Crippen LogP contribution in [-0.4, -0.2) is 13.1 Å². The molecule has 0 atom stereocenters. The van der Waals surface area contributed by atoms with Gasteiger partial charge in [0.05, 0.1) is 24.0 Å². The number of benzene rings is 1. The van der Waals surface area contributed by atoms with E-state index in [2.05, 4.69) is 29.1 Å². The summed E-state index contributed by atoms with van der Waals surface area (Å²) in [7, 11) is 1.35. The fraction of sp³-hybridized carbons (Fsp3) is 0.214. The molecule has 0 amide bonds. The zero-order valence-corrected chi connectivity index (χ0v) is 11.7. The molecule has 100 valence electrons. The molecular formula is C14H16N2O2S. The molecule has 19 heavy (non-hydrogen) atoms. The van der Waals surface area contributed by atoms with Gasteiger partial charge in [-0.25, -0.2) is 4.79 Å². The Morgan fingerprint density at radius 2 is 2.16 bits per heavy atom. The number of thiophene rings is 1. The van der Waals surface area contributed by atoms with Crippen molar-refractivity contribution >= 4 is 28.7 Å². The lowest BCUT2D eigenvalue weighted by molar-refractivity contribution is 0.0601. The van der Waals surface area contributed by atoms with Gasteiger partial charge in [0.1, 0.15) is 0 Å². The van der Waals surface area contributed by atoms with E-state index in [0.29, 0.717) is 11.3 Å². The lowest BCUT2D eigenvalue weighted by atomic mass is 10.1. The van der Waals surface area contributed by atoms with Crippen LogP contribution in [0.1, 0.15) is 20.1 Å². The van der Waals surface area contributed by atoms with Crippen LogP contribution >= 0.6 is 11.3 Å². The van der Waals surface area contributed by atoms with Gasteiger partial charge in [-0.1, -0.05) is 0 Å². The summed E-state index contributed by atoms with van der Waals surface area (Å²) < 4.78 is 4.65. The van der Waals surface area contributed by atoms with E-state index in [1.54, 1.807) is 29.5 Å². The normalized spacial score (nSPS) is 10.2. The Labute approximate surface area is 116 Å². The van der Waals surface area contributed by atoms with Crippen LogP contribution in [0, 0.1) is 6.92 Å². The summed E-state index contributed by atoms with van der Waals surface area (Å²) >= 11 is 1.75. The third kappa shape index (κ3) is 3.26. The second-order valence-electron chi connectivity index (χ2n) is 4.16. The maximum absolute atomic E-state index is 11.4. The van der Waals surface area contributed by atoms with Gasteiger partial charge in [-0.05, 0) is 37.3 Å². The van der Waals surface area contributed by atoms with Gasteiger partial charge in [0.15, 0.2) is 0 Å². The highest BCUT2D eigenvalue weighted by Gasteiger charge is 2.08. The molecule has 5 heteroatoms. The lowest BCUT2D eigenvalue weighted by Crippen LogP contribution is -2.05. The fourth-order valence-electron chi connectivity index (χ4n) is 1.73. The lowest BCUT2D eigenvalue weighted by Gasteiger charge is -2.09. The van der Waals surface area contributed by atoms with Gasteiger partial charge in [0, 0.05) is 16.3 Å². The second-order valence-corrected chi connectivity index (χ2v) is 5.53. The molecule has 0 saturated heterocycles. The molecule has 4 nitrogen and oxygen atoms in total. The summed E-state index contributed by atoms with van der Waals surface area (Å²) in [5.41, 5.74) is 7.73. The van der Waals surface area contributed by atoms with Crippen molar-refractivity contribution < 1.29 is 9.53 Å². The number of aryl methyl sites for hydroxylation is 1. The van der Waals surface area contributed by atoms with Gasteiger partial charge < -0.3 is 15.8 Å². The summed E-state index contributed by atoms with van der Waals surface area (Å²) in [5.74, 6) is -0.382. The summed E-state index contributed by atoms with van der Waals surface area (Å²) in [5, 5.41) is 3.26. The number of esters is 1. The molecule has 0 aliphatic rings. The highest BCUT2D eigenvalue weighted by Crippen LogP contribution is 2.22. The van der Waals surface area contributed by atoms with Gasteiger partial charge in [-0.2, -0.15) is 0 Å². The second kappa shape index (κ2) is 5.75. The van der Waals surface area contributed by atoms with Crippen LogP contribution in [-0.2, 0) is 11.3 Å². The zero-order chi connectivity index (χ0) is 13.8. The molecule has 2 rings (SSSR count). The molecule has 1 heterocycles. The number of hydrogen-bond donors (Lipinski definition) is 2. The number of carbonyl (C=O) groups is 1. The monoisotopic (exact) mass is 276 g/mol. The number of nitrogens with one attached hydrogen (secondary N) is 1. The minimum Gasteiger partial charge on any atom is -0.465 e. The van der Waals surface area contributed by atoms with Crippen LogP contribution in [0.15, 0.2) is 30.3 Å². The molecular weight excluding hydrogens is 260 g/mol. The molecule has 0 aliphatic carbocycles. The van der Waals surface area contributed by atoms with Crippen molar-refractivity contribution in [2.24, 2.45) is 0 Å². The summed E-state index contributed by atoms with van der Waals surface area (Å²) in [6, 6.07) is 9.29. The zero-order valence-electron chi connectivity index (χ0n) is 10.9. The summed E-state index contributed by atoms with van der Waals surface area (Å²) in [6.07, 6.45) is 0. The predicted octanol–water partition coefficient (Wildman–Crippen LogP) is 3.04. The Bertz CT molecular complexity index is 593. The highest BCUT2D eigenvalue weighted by atomic mass is 32.1. The standard InChI is InChI=1S/C14H16N2O2S/c1-9-3-5-11(19-9)8-16-13-6-4-10(7-12(13)15)14(17)18-2/h3-7,16H,8,15H2,1-2H3. The predicted molar refractivity (Wildman–Crippen MR) is 78.6 cm³/mol. The number of rotatable bonds is 4. The van der Waals surface area contributed by atoms with Crippen LogP contribution in [0.25, 0.3) is 0 Å². The average molecular weight is 276 g/mol. The Morgan fingerprint density at radius 3 is 2.74 bits per heavy atom. The molecule has 0 spiro atoms. The Hall–Kier alpha value is -2.01. The van der Waals surface area contributed by atoms with Crippen molar-refractivity contribution in [3.63, 3.8) is 0 Å². The van der Waals surface area contributed by atoms with E-state index >= 15 is 0 Å². The largest absolute Gasteiger partial charge is 0.465 e. The van der Waals surface area contributed by atoms with E-state index < -0.39 is 0 Å². The molecule has 0 unspecified atom stereocenters. The smallest absolute Gasteiger partial charge is 0.337 e. The third-order valence-electron chi connectivity index (χ3n) is 2.72. The number of carbonyl (C=O) groups excluding carboxylic acids is 1. The summed E-state index contributed by atoms with van der Waals surface area (Å²) in [4.78, 5) is 13.9. The number of ether oxygens (including phenoxy) is 1. The number of anilines is 2. The molecule has 1 aromatic heterocycles. The molecule has 0 aliphatic heterocycles. The van der Waals surface area contributed by atoms with E-state index in [1.807, 2.05) is 0 Å². The molecule has 0 bridgehead atoms. The third-order valence-corrected chi connectivity index (χ3v) is 3.72. The number of methoxy groups -OCH3 is 1. The summed E-state index contributed by atoms with van der Waals surface area (Å²) in [6.45, 7) is 2.80. The van der Waals surface area contributed by atoms with Gasteiger partial charge in [-0.3, -0.25) is 0 Å². The number of hydrogen-bond acceptors (Lipinski definition) is 5. The van der Waals surface area contributed by atoms with Crippen molar-refractivity contribution in [3.05, 3.63) is 45.6 Å². The number of nitrogen functional groups attached to an aromatic ring is 1. The maximum Gasteiger partial charge on any atom is 0.337 e. The minimum absolute atomic E-state index is 0.382. The molecule has 0 saturated carbocycles. The number of nitrogens with two attached hydrogens (primary N) is 1. The fourth-order valence-corrected chi connectivity index (χ4v) is 2.56. The quantitative estimate of drug-likeness (QED) is 0.665. The average Bonchev–Trinajstić information content (AvgIpc) is 2.82. The SMILES string of the molecule is COC(=O)c1ccc(NCc2ccc(C)s2)c(N)c1. The highest BCUT2D eigenvalue weighted by molar-refractivity contribution is 7.11. The van der Waals surface area contributed by atoms with Crippen molar-refractivity contribution in [1.29, 1.82) is 0 Å². The molecule has 0 radical (unpaired) electrons. The first-order valence-corrected chi connectivity index (χ1v) is 6.69. The molecule has 0 fully saturated rings. The van der Waals surface area contributed by atoms with Gasteiger partial charge in [-0.15, -0.1) is 11.3 Å². The van der Waals surface area contributed by atoms with Crippen LogP contribution in [0.4, 0.5) is 11.4 Å².